The van der Waals surface area contributed by atoms with Gasteiger partial charge in [0.2, 0.25) is 0 Å². The van der Waals surface area contributed by atoms with Gasteiger partial charge < -0.3 is 9.47 Å². The molecule has 0 radical (unpaired) electrons. The Morgan fingerprint density at radius 3 is 1.29 bits per heavy atom. The summed E-state index contributed by atoms with van der Waals surface area (Å²) in [5.41, 5.74) is 5.54. The lowest BCUT2D eigenvalue weighted by atomic mass is 10.0. The summed E-state index contributed by atoms with van der Waals surface area (Å²) < 4.78 is 11.6. The SMILES string of the molecule is O=C(Nc1ccccc1-c1ccccc1)OC1CCN(C/C=C/CN2CCC(OC(=O)Nc3ccccc3-c3ccccc3)CC2)CC1. The molecule has 0 bridgehead atoms. The van der Waals surface area contributed by atoms with Crippen molar-refractivity contribution in [2.75, 3.05) is 49.9 Å². The van der Waals surface area contributed by atoms with Crippen LogP contribution in [0.5, 0.6) is 0 Å². The van der Waals surface area contributed by atoms with Crippen LogP contribution >= 0.6 is 0 Å². The van der Waals surface area contributed by atoms with Crippen molar-refractivity contribution in [3.63, 3.8) is 0 Å². The van der Waals surface area contributed by atoms with Crippen LogP contribution in [-0.4, -0.2) is 73.5 Å². The lowest BCUT2D eigenvalue weighted by Gasteiger charge is -2.31. The lowest BCUT2D eigenvalue weighted by molar-refractivity contribution is 0.0608. The fourth-order valence-corrected chi connectivity index (χ4v) is 6.37. The number of carbonyl (C=O) groups excluding carboxylic acids is 2. The number of hydrogen-bond donors (Lipinski definition) is 2. The number of rotatable bonds is 10. The van der Waals surface area contributed by atoms with Gasteiger partial charge in [0, 0.05) is 50.4 Å². The van der Waals surface area contributed by atoms with Gasteiger partial charge in [-0.15, -0.1) is 0 Å². The van der Waals surface area contributed by atoms with Gasteiger partial charge in [-0.25, -0.2) is 9.59 Å². The molecule has 2 aliphatic rings. The summed E-state index contributed by atoms with van der Waals surface area (Å²) in [5.74, 6) is 0. The fraction of sp³-hybridized carbons (Fsp3) is 0.300. The molecule has 2 amide bonds. The monoisotopic (exact) mass is 644 g/mol. The van der Waals surface area contributed by atoms with Gasteiger partial charge in [-0.2, -0.15) is 0 Å². The molecule has 0 saturated carbocycles. The van der Waals surface area contributed by atoms with Crippen LogP contribution in [0, 0.1) is 0 Å². The summed E-state index contributed by atoms with van der Waals surface area (Å²) in [6.07, 6.45) is 6.77. The van der Waals surface area contributed by atoms with Gasteiger partial charge in [0.25, 0.3) is 0 Å². The Morgan fingerprint density at radius 1 is 0.542 bits per heavy atom. The molecule has 8 heteroatoms. The van der Waals surface area contributed by atoms with E-state index in [4.69, 9.17) is 9.47 Å². The van der Waals surface area contributed by atoms with Crippen LogP contribution in [0.15, 0.2) is 121 Å². The van der Waals surface area contributed by atoms with Crippen molar-refractivity contribution in [1.29, 1.82) is 0 Å². The Morgan fingerprint density at radius 2 is 0.896 bits per heavy atom. The third-order valence-corrected chi connectivity index (χ3v) is 9.01. The van der Waals surface area contributed by atoms with E-state index < -0.39 is 12.2 Å². The van der Waals surface area contributed by atoms with Crippen LogP contribution < -0.4 is 10.6 Å². The van der Waals surface area contributed by atoms with Gasteiger partial charge in [0.15, 0.2) is 0 Å². The van der Waals surface area contributed by atoms with Crippen molar-refractivity contribution in [1.82, 2.24) is 9.80 Å². The van der Waals surface area contributed by atoms with Crippen molar-refractivity contribution in [2.24, 2.45) is 0 Å². The molecule has 6 rings (SSSR count). The van der Waals surface area contributed by atoms with Crippen molar-refractivity contribution >= 4 is 23.6 Å². The molecule has 248 valence electrons. The maximum Gasteiger partial charge on any atom is 0.411 e. The Kier molecular flexibility index (Phi) is 11.5. The molecule has 2 heterocycles. The summed E-state index contributed by atoms with van der Waals surface area (Å²) in [6.45, 7) is 5.33. The fourth-order valence-electron chi connectivity index (χ4n) is 6.37. The molecule has 0 aromatic heterocycles. The van der Waals surface area contributed by atoms with Crippen molar-refractivity contribution in [2.45, 2.75) is 37.9 Å². The molecule has 8 nitrogen and oxygen atoms in total. The molecule has 2 fully saturated rings. The number of anilines is 2. The summed E-state index contributed by atoms with van der Waals surface area (Å²) in [7, 11) is 0. The van der Waals surface area contributed by atoms with E-state index in [1.807, 2.05) is 109 Å². The van der Waals surface area contributed by atoms with Crippen LogP contribution in [0.2, 0.25) is 0 Å². The van der Waals surface area contributed by atoms with E-state index in [9.17, 15) is 9.59 Å². The Labute approximate surface area is 283 Å². The summed E-state index contributed by atoms with van der Waals surface area (Å²) in [6, 6.07) is 35.6. The van der Waals surface area contributed by atoms with E-state index in [-0.39, 0.29) is 12.2 Å². The molecule has 48 heavy (non-hydrogen) atoms. The molecule has 2 saturated heterocycles. The number of nitrogens with one attached hydrogen (secondary N) is 2. The van der Waals surface area contributed by atoms with Crippen LogP contribution in [0.1, 0.15) is 25.7 Å². The van der Waals surface area contributed by atoms with Gasteiger partial charge in [-0.1, -0.05) is 109 Å². The van der Waals surface area contributed by atoms with E-state index in [0.29, 0.717) is 0 Å². The number of amides is 2. The maximum absolute atomic E-state index is 12.7. The Bertz CT molecular complexity index is 1520. The lowest BCUT2D eigenvalue weighted by Crippen LogP contribution is -2.39. The first-order valence-corrected chi connectivity index (χ1v) is 16.9. The minimum atomic E-state index is -0.403. The highest BCUT2D eigenvalue weighted by Gasteiger charge is 2.24. The average molecular weight is 645 g/mol. The van der Waals surface area contributed by atoms with Crippen molar-refractivity contribution in [3.8, 4) is 22.3 Å². The highest BCUT2D eigenvalue weighted by atomic mass is 16.6. The normalized spacial score (nSPS) is 16.4. The van der Waals surface area contributed by atoms with E-state index in [0.717, 1.165) is 98.6 Å². The zero-order chi connectivity index (χ0) is 33.0. The predicted octanol–water partition coefficient (Wildman–Crippen LogP) is 8.30. The van der Waals surface area contributed by atoms with Crippen LogP contribution in [0.3, 0.4) is 0 Å². The molecule has 0 spiro atoms. The molecule has 4 aromatic carbocycles. The minimum Gasteiger partial charge on any atom is -0.446 e. The second-order valence-electron chi connectivity index (χ2n) is 12.4. The van der Waals surface area contributed by atoms with Gasteiger partial charge in [0.05, 0.1) is 11.4 Å². The Hall–Kier alpha value is -4.92. The zero-order valence-electron chi connectivity index (χ0n) is 27.3. The minimum absolute atomic E-state index is 0.0849. The number of hydrogen-bond acceptors (Lipinski definition) is 6. The molecule has 4 aromatic rings. The van der Waals surface area contributed by atoms with Gasteiger partial charge in [-0.3, -0.25) is 20.4 Å². The van der Waals surface area contributed by atoms with E-state index in [2.05, 4.69) is 32.6 Å². The van der Waals surface area contributed by atoms with Crippen LogP contribution in [0.25, 0.3) is 22.3 Å². The third-order valence-electron chi connectivity index (χ3n) is 9.01. The van der Waals surface area contributed by atoms with Gasteiger partial charge in [-0.05, 0) is 48.9 Å². The first-order chi connectivity index (χ1) is 23.6. The number of piperidine rings is 2. The number of ether oxygens (including phenoxy) is 2. The van der Waals surface area contributed by atoms with Gasteiger partial charge >= 0.3 is 12.2 Å². The number of benzene rings is 4. The van der Waals surface area contributed by atoms with Crippen molar-refractivity contribution < 1.29 is 19.1 Å². The van der Waals surface area contributed by atoms with Gasteiger partial charge in [0.1, 0.15) is 12.2 Å². The maximum atomic E-state index is 12.7. The molecular weight excluding hydrogens is 600 g/mol. The summed E-state index contributed by atoms with van der Waals surface area (Å²) in [4.78, 5) is 30.2. The van der Waals surface area contributed by atoms with E-state index in [1.165, 1.54) is 0 Å². The number of nitrogens with zero attached hydrogens (tertiary/aromatic N) is 2. The van der Waals surface area contributed by atoms with E-state index >= 15 is 0 Å². The summed E-state index contributed by atoms with van der Waals surface area (Å²) >= 11 is 0. The van der Waals surface area contributed by atoms with E-state index in [1.54, 1.807) is 0 Å². The van der Waals surface area contributed by atoms with Crippen molar-refractivity contribution in [3.05, 3.63) is 121 Å². The number of para-hydroxylation sites is 2. The average Bonchev–Trinajstić information content (AvgIpc) is 3.12. The first-order valence-electron chi connectivity index (χ1n) is 16.9. The van der Waals surface area contributed by atoms with Crippen LogP contribution in [0.4, 0.5) is 21.0 Å². The highest BCUT2D eigenvalue weighted by molar-refractivity contribution is 5.92. The molecular formula is C40H44N4O4. The largest absolute Gasteiger partial charge is 0.446 e. The topological polar surface area (TPSA) is 83.1 Å². The molecule has 0 aliphatic carbocycles. The smallest absolute Gasteiger partial charge is 0.411 e. The molecule has 0 atom stereocenters. The predicted molar refractivity (Wildman–Crippen MR) is 192 cm³/mol. The zero-order valence-corrected chi connectivity index (χ0v) is 27.3. The number of carbonyl (C=O) groups is 2. The Balaban J connectivity index is 0.858. The molecule has 2 N–H and O–H groups in total. The number of likely N-dealkylation sites (tertiary alicyclic amines) is 2. The third kappa shape index (κ3) is 9.33. The second-order valence-corrected chi connectivity index (χ2v) is 12.4. The standard InChI is InChI=1S/C40H44N4O4/c45-39(41-37-19-9-7-17-35(37)31-13-3-1-4-14-31)47-33-21-27-43(28-22-33)25-11-12-26-44-29-23-34(24-30-44)48-40(46)42-38-20-10-8-18-36(38)32-15-5-2-6-16-32/h1-20,33-34H,21-30H2,(H,41,45)(H,42,46)/b12-11+. The highest BCUT2D eigenvalue weighted by Crippen LogP contribution is 2.29. The molecule has 0 unspecified atom stereocenters. The first kappa shape index (κ1) is 33.0. The molecule has 2 aliphatic heterocycles. The van der Waals surface area contributed by atoms with Crippen LogP contribution in [-0.2, 0) is 9.47 Å². The summed E-state index contributed by atoms with van der Waals surface area (Å²) in [5, 5.41) is 5.90. The second kappa shape index (κ2) is 16.8. The quantitative estimate of drug-likeness (QED) is 0.169.